The molecule has 106 valence electrons. The fourth-order valence-electron chi connectivity index (χ4n) is 2.35. The van der Waals surface area contributed by atoms with E-state index in [-0.39, 0.29) is 5.91 Å². The molecule has 21 heavy (non-hydrogen) atoms. The highest BCUT2D eigenvalue weighted by Crippen LogP contribution is 2.29. The zero-order chi connectivity index (χ0) is 14.7. The van der Waals surface area contributed by atoms with E-state index in [0.717, 1.165) is 24.9 Å². The van der Waals surface area contributed by atoms with Crippen molar-refractivity contribution in [1.82, 2.24) is 4.90 Å². The molecule has 0 saturated heterocycles. The first-order valence-electron chi connectivity index (χ1n) is 7.07. The van der Waals surface area contributed by atoms with Crippen LogP contribution in [0.3, 0.4) is 0 Å². The fourth-order valence-corrected chi connectivity index (χ4v) is 3.05. The molecule has 1 aromatic carbocycles. The van der Waals surface area contributed by atoms with E-state index >= 15 is 0 Å². The lowest BCUT2D eigenvalue weighted by Gasteiger charge is -2.22. The van der Waals surface area contributed by atoms with Crippen LogP contribution < -0.4 is 0 Å². The van der Waals surface area contributed by atoms with Gasteiger partial charge in [0.15, 0.2) is 0 Å². The maximum absolute atomic E-state index is 12.5. The number of hydrogen-bond donors (Lipinski definition) is 0. The molecule has 2 aromatic rings. The number of benzene rings is 1. The van der Waals surface area contributed by atoms with E-state index in [9.17, 15) is 4.79 Å². The van der Waals surface area contributed by atoms with Crippen LogP contribution >= 0.6 is 11.3 Å². The summed E-state index contributed by atoms with van der Waals surface area (Å²) in [6.45, 7) is 0.720. The van der Waals surface area contributed by atoms with E-state index in [4.69, 9.17) is 5.26 Å². The molecule has 1 aliphatic carbocycles. The summed E-state index contributed by atoms with van der Waals surface area (Å²) in [5.74, 6) is 0.176. The van der Waals surface area contributed by atoms with Gasteiger partial charge in [0.25, 0.3) is 0 Å². The molecule has 1 saturated carbocycles. The van der Waals surface area contributed by atoms with E-state index in [1.165, 1.54) is 4.88 Å². The van der Waals surface area contributed by atoms with Crippen molar-refractivity contribution in [3.05, 3.63) is 57.8 Å². The van der Waals surface area contributed by atoms with E-state index < -0.39 is 0 Å². The van der Waals surface area contributed by atoms with Gasteiger partial charge in [0.1, 0.15) is 0 Å². The molecule has 1 fully saturated rings. The van der Waals surface area contributed by atoms with Crippen LogP contribution in [0.1, 0.15) is 28.8 Å². The van der Waals surface area contributed by atoms with Crippen LogP contribution in [0.5, 0.6) is 0 Å². The summed E-state index contributed by atoms with van der Waals surface area (Å²) in [4.78, 5) is 15.8. The molecule has 3 nitrogen and oxygen atoms in total. The topological polar surface area (TPSA) is 44.1 Å². The average Bonchev–Trinajstić information content (AvgIpc) is 3.21. The second-order valence-electron chi connectivity index (χ2n) is 5.32. The third kappa shape index (κ3) is 3.50. The molecule has 0 N–H and O–H groups in total. The van der Waals surface area contributed by atoms with Crippen molar-refractivity contribution >= 4 is 17.2 Å². The van der Waals surface area contributed by atoms with Crippen LogP contribution in [-0.2, 0) is 17.8 Å². The van der Waals surface area contributed by atoms with Gasteiger partial charge in [0.05, 0.1) is 24.6 Å². The zero-order valence-electron chi connectivity index (χ0n) is 11.7. The highest BCUT2D eigenvalue weighted by Gasteiger charge is 2.32. The van der Waals surface area contributed by atoms with Crippen LogP contribution in [0.25, 0.3) is 0 Å². The summed E-state index contributed by atoms with van der Waals surface area (Å²) in [7, 11) is 0. The molecule has 1 heterocycles. The number of nitriles is 1. The van der Waals surface area contributed by atoms with Crippen molar-refractivity contribution in [3.8, 4) is 6.07 Å². The molecule has 3 rings (SSSR count). The minimum atomic E-state index is 0.176. The number of thiophene rings is 1. The van der Waals surface area contributed by atoms with Crippen LogP contribution in [-0.4, -0.2) is 16.8 Å². The smallest absolute Gasteiger partial charge is 0.227 e. The predicted molar refractivity (Wildman–Crippen MR) is 82.8 cm³/mol. The van der Waals surface area contributed by atoms with Gasteiger partial charge in [-0.05, 0) is 42.0 Å². The van der Waals surface area contributed by atoms with Crippen molar-refractivity contribution in [1.29, 1.82) is 5.26 Å². The normalized spacial score (nSPS) is 13.7. The number of carbonyl (C=O) groups is 1. The molecule has 0 radical (unpaired) electrons. The quantitative estimate of drug-likeness (QED) is 0.849. The average molecular weight is 296 g/mol. The van der Waals surface area contributed by atoms with E-state index in [0.29, 0.717) is 18.0 Å². The van der Waals surface area contributed by atoms with Crippen LogP contribution in [0, 0.1) is 11.3 Å². The Bertz CT molecular complexity index is 651. The molecule has 0 spiro atoms. The lowest BCUT2D eigenvalue weighted by molar-refractivity contribution is -0.131. The minimum Gasteiger partial charge on any atom is -0.334 e. The van der Waals surface area contributed by atoms with Gasteiger partial charge in [-0.2, -0.15) is 5.26 Å². The van der Waals surface area contributed by atoms with Crippen molar-refractivity contribution in [2.45, 2.75) is 31.8 Å². The number of hydrogen-bond acceptors (Lipinski definition) is 3. The minimum absolute atomic E-state index is 0.176. The first kappa shape index (κ1) is 13.8. The number of carbonyl (C=O) groups excluding carboxylic acids is 1. The predicted octanol–water partition coefficient (Wildman–Crippen LogP) is 3.35. The van der Waals surface area contributed by atoms with Gasteiger partial charge < -0.3 is 4.90 Å². The zero-order valence-corrected chi connectivity index (χ0v) is 12.5. The van der Waals surface area contributed by atoms with E-state index in [2.05, 4.69) is 12.1 Å². The van der Waals surface area contributed by atoms with Gasteiger partial charge >= 0.3 is 0 Å². The Hall–Kier alpha value is -2.12. The van der Waals surface area contributed by atoms with E-state index in [1.54, 1.807) is 23.5 Å². The third-order valence-corrected chi connectivity index (χ3v) is 4.51. The number of rotatable bonds is 5. The summed E-state index contributed by atoms with van der Waals surface area (Å²) < 4.78 is 0. The number of amides is 1. The highest BCUT2D eigenvalue weighted by molar-refractivity contribution is 7.09. The SMILES string of the molecule is N#Cc1ccc(CC(=O)N(Cc2cccs2)C2CC2)cc1. The Morgan fingerprint density at radius 3 is 2.62 bits per heavy atom. The molecule has 0 unspecified atom stereocenters. The third-order valence-electron chi connectivity index (χ3n) is 3.65. The molecule has 0 aliphatic heterocycles. The maximum atomic E-state index is 12.5. The number of nitrogens with zero attached hydrogens (tertiary/aromatic N) is 2. The van der Waals surface area contributed by atoms with Crippen molar-refractivity contribution in [2.75, 3.05) is 0 Å². The van der Waals surface area contributed by atoms with Crippen LogP contribution in [0.15, 0.2) is 41.8 Å². The Labute approximate surface area is 128 Å². The monoisotopic (exact) mass is 296 g/mol. The molecule has 1 amide bonds. The first-order valence-corrected chi connectivity index (χ1v) is 7.95. The second kappa shape index (κ2) is 6.11. The summed E-state index contributed by atoms with van der Waals surface area (Å²) in [6, 6.07) is 13.9. The second-order valence-corrected chi connectivity index (χ2v) is 6.35. The summed E-state index contributed by atoms with van der Waals surface area (Å²) in [5, 5.41) is 10.8. The molecule has 1 aromatic heterocycles. The summed E-state index contributed by atoms with van der Waals surface area (Å²) in [5.41, 5.74) is 1.60. The standard InChI is InChI=1S/C17H16N2OS/c18-11-14-5-3-13(4-6-14)10-17(20)19(15-7-8-15)12-16-2-1-9-21-16/h1-6,9,15H,7-8,10,12H2. The van der Waals surface area contributed by atoms with Crippen LogP contribution in [0.2, 0.25) is 0 Å². The van der Waals surface area contributed by atoms with Gasteiger partial charge in [-0.15, -0.1) is 11.3 Å². The summed E-state index contributed by atoms with van der Waals surface area (Å²) in [6.07, 6.45) is 2.64. The highest BCUT2D eigenvalue weighted by atomic mass is 32.1. The van der Waals surface area contributed by atoms with Gasteiger partial charge in [-0.1, -0.05) is 18.2 Å². The van der Waals surface area contributed by atoms with Gasteiger partial charge in [0.2, 0.25) is 5.91 Å². The van der Waals surface area contributed by atoms with Gasteiger partial charge in [0, 0.05) is 10.9 Å². The molecule has 0 atom stereocenters. The molecule has 4 heteroatoms. The Balaban J connectivity index is 1.67. The van der Waals surface area contributed by atoms with Gasteiger partial charge in [-0.25, -0.2) is 0 Å². The lowest BCUT2D eigenvalue weighted by atomic mass is 10.1. The molecule has 1 aliphatic rings. The van der Waals surface area contributed by atoms with Crippen molar-refractivity contribution in [3.63, 3.8) is 0 Å². The molecular formula is C17H16N2OS. The fraction of sp³-hybridized carbons (Fsp3) is 0.294. The van der Waals surface area contributed by atoms with Crippen molar-refractivity contribution < 1.29 is 4.79 Å². The molecule has 0 bridgehead atoms. The lowest BCUT2D eigenvalue weighted by Crippen LogP contribution is -2.33. The Morgan fingerprint density at radius 2 is 2.05 bits per heavy atom. The summed E-state index contributed by atoms with van der Waals surface area (Å²) >= 11 is 1.70. The largest absolute Gasteiger partial charge is 0.334 e. The van der Waals surface area contributed by atoms with Crippen molar-refractivity contribution in [2.24, 2.45) is 0 Å². The van der Waals surface area contributed by atoms with Crippen LogP contribution in [0.4, 0.5) is 0 Å². The molecular weight excluding hydrogens is 280 g/mol. The maximum Gasteiger partial charge on any atom is 0.227 e. The van der Waals surface area contributed by atoms with Gasteiger partial charge in [-0.3, -0.25) is 4.79 Å². The Morgan fingerprint density at radius 1 is 1.29 bits per heavy atom. The first-order chi connectivity index (χ1) is 10.3. The van der Waals surface area contributed by atoms with E-state index in [1.807, 2.05) is 28.5 Å². The Kier molecular flexibility index (Phi) is 4.03.